The lowest BCUT2D eigenvalue weighted by Crippen LogP contribution is -2.15. The summed E-state index contributed by atoms with van der Waals surface area (Å²) in [7, 11) is 0. The molecule has 59 heavy (non-hydrogen) atoms. The first-order valence-corrected chi connectivity index (χ1v) is 22.0. The van der Waals surface area contributed by atoms with Gasteiger partial charge in [0.25, 0.3) is 0 Å². The summed E-state index contributed by atoms with van der Waals surface area (Å²) in [4.78, 5) is 4.97. The van der Waals surface area contributed by atoms with Gasteiger partial charge in [-0.25, -0.2) is 0 Å². The van der Waals surface area contributed by atoms with Gasteiger partial charge in [0, 0.05) is 74.0 Å². The zero-order valence-corrected chi connectivity index (χ0v) is 34.1. The smallest absolute Gasteiger partial charge is 0.0546 e. The molecule has 280 valence electrons. The minimum atomic E-state index is 0.325. The number of hydrogen-bond acceptors (Lipinski definition) is 4. The second-order valence-electron chi connectivity index (χ2n) is 15.7. The lowest BCUT2D eigenvalue weighted by molar-refractivity contribution is 0.779. The minimum absolute atomic E-state index is 0.325. The van der Waals surface area contributed by atoms with E-state index in [9.17, 15) is 0 Å². The maximum absolute atomic E-state index is 2.50. The van der Waals surface area contributed by atoms with E-state index in [1.807, 2.05) is 22.7 Å². The zero-order valence-electron chi connectivity index (χ0n) is 32.5. The monoisotopic (exact) mass is 790 g/mol. The molecule has 0 saturated carbocycles. The van der Waals surface area contributed by atoms with Crippen molar-refractivity contribution in [3.05, 3.63) is 199 Å². The van der Waals surface area contributed by atoms with E-state index < -0.39 is 0 Å². The van der Waals surface area contributed by atoms with Crippen LogP contribution in [0.1, 0.15) is 30.4 Å². The molecule has 2 aromatic heterocycles. The summed E-state index contributed by atoms with van der Waals surface area (Å²) in [6.45, 7) is 2.40. The first-order chi connectivity index (χ1) is 29.2. The van der Waals surface area contributed by atoms with Crippen molar-refractivity contribution < 1.29 is 0 Å². The van der Waals surface area contributed by atoms with Crippen molar-refractivity contribution in [3.8, 4) is 0 Å². The Bertz CT molecular complexity index is 3450. The summed E-state index contributed by atoms with van der Waals surface area (Å²) in [6.07, 6.45) is 5.76. The molecular formula is C55H38N2S2. The van der Waals surface area contributed by atoms with Crippen LogP contribution in [0.25, 0.3) is 68.0 Å². The number of para-hydroxylation sites is 2. The van der Waals surface area contributed by atoms with Crippen molar-refractivity contribution in [3.63, 3.8) is 0 Å². The number of anilines is 6. The third kappa shape index (κ3) is 5.51. The van der Waals surface area contributed by atoms with Crippen molar-refractivity contribution >= 4 is 125 Å². The van der Waals surface area contributed by atoms with E-state index in [0.717, 1.165) is 29.2 Å². The van der Waals surface area contributed by atoms with E-state index in [0.29, 0.717) is 5.92 Å². The quantitative estimate of drug-likeness (QED) is 0.155. The predicted octanol–water partition coefficient (Wildman–Crippen LogP) is 17.2. The average Bonchev–Trinajstić information content (AvgIpc) is 3.85. The van der Waals surface area contributed by atoms with Crippen LogP contribution < -0.4 is 9.80 Å². The standard InChI is InChI=1S/C55H38N2S2/c1-35-15-14-24-44-50(57(37-18-6-3-7-19-37)39-28-30-54-47(32-39)43-23-11-13-26-52(43)59-54)33-45-40-20-8-9-21-41(40)49(34-48(45)55(35)44)56(36-16-4-2-5-17-36)38-27-29-53-46(31-38)42-22-10-12-25-51(42)58-53/h2-14,16-35H,15H2,1H3. The predicted molar refractivity (Wildman–Crippen MR) is 259 cm³/mol. The highest BCUT2D eigenvalue weighted by atomic mass is 32.1. The Hall–Kier alpha value is -6.72. The highest BCUT2D eigenvalue weighted by Crippen LogP contribution is 2.51. The van der Waals surface area contributed by atoms with Crippen LogP contribution in [0.4, 0.5) is 34.1 Å². The largest absolute Gasteiger partial charge is 0.310 e. The molecule has 9 aromatic carbocycles. The van der Waals surface area contributed by atoms with E-state index >= 15 is 0 Å². The molecule has 11 aromatic rings. The molecule has 1 atom stereocenters. The van der Waals surface area contributed by atoms with Crippen molar-refractivity contribution in [2.24, 2.45) is 0 Å². The van der Waals surface area contributed by atoms with E-state index in [-0.39, 0.29) is 0 Å². The number of rotatable bonds is 6. The Kier molecular flexibility index (Phi) is 7.97. The molecule has 12 rings (SSSR count). The van der Waals surface area contributed by atoms with Gasteiger partial charge in [-0.05, 0) is 119 Å². The Balaban J connectivity index is 1.14. The van der Waals surface area contributed by atoms with E-state index in [1.54, 1.807) is 0 Å². The molecule has 1 aliphatic rings. The molecule has 1 unspecified atom stereocenters. The van der Waals surface area contributed by atoms with Gasteiger partial charge in [-0.3, -0.25) is 0 Å². The molecule has 2 nitrogen and oxygen atoms in total. The molecule has 0 saturated heterocycles. The zero-order chi connectivity index (χ0) is 39.0. The van der Waals surface area contributed by atoms with Crippen LogP contribution in [0.2, 0.25) is 0 Å². The molecule has 0 aliphatic heterocycles. The lowest BCUT2D eigenvalue weighted by Gasteiger charge is -2.33. The number of allylic oxidation sites excluding steroid dienone is 1. The number of thiophene rings is 2. The van der Waals surface area contributed by atoms with Gasteiger partial charge in [0.15, 0.2) is 0 Å². The fourth-order valence-electron chi connectivity index (χ4n) is 9.55. The van der Waals surface area contributed by atoms with E-state index in [4.69, 9.17) is 0 Å². The molecule has 0 amide bonds. The number of benzene rings is 9. The molecule has 2 heterocycles. The topological polar surface area (TPSA) is 6.48 Å². The highest BCUT2D eigenvalue weighted by Gasteiger charge is 2.27. The van der Waals surface area contributed by atoms with Gasteiger partial charge in [-0.2, -0.15) is 0 Å². The third-order valence-corrected chi connectivity index (χ3v) is 14.5. The van der Waals surface area contributed by atoms with Crippen LogP contribution in [0.5, 0.6) is 0 Å². The van der Waals surface area contributed by atoms with Crippen LogP contribution in [-0.4, -0.2) is 0 Å². The molecule has 0 bridgehead atoms. The van der Waals surface area contributed by atoms with Gasteiger partial charge in [-0.15, -0.1) is 22.7 Å². The Morgan fingerprint density at radius 1 is 0.390 bits per heavy atom. The molecular weight excluding hydrogens is 753 g/mol. The van der Waals surface area contributed by atoms with Crippen molar-refractivity contribution in [2.75, 3.05) is 9.80 Å². The molecule has 0 N–H and O–H groups in total. The number of nitrogens with zero attached hydrogens (tertiary/aromatic N) is 2. The maximum Gasteiger partial charge on any atom is 0.0546 e. The molecule has 1 aliphatic carbocycles. The van der Waals surface area contributed by atoms with Crippen LogP contribution in [0.15, 0.2) is 188 Å². The Labute approximate surface area is 351 Å². The Morgan fingerprint density at radius 3 is 1.46 bits per heavy atom. The Morgan fingerprint density at radius 2 is 0.864 bits per heavy atom. The molecule has 0 spiro atoms. The summed E-state index contributed by atoms with van der Waals surface area (Å²) < 4.78 is 5.26. The number of hydrogen-bond donors (Lipinski definition) is 0. The SMILES string of the molecule is CC1CC=Cc2c(N(c3ccccc3)c3ccc4sc5ccccc5c4c3)cc3c(cc(N(c4ccccc4)c4ccc5sc6ccccc6c5c4)c4ccccc43)c21. The summed E-state index contributed by atoms with van der Waals surface area (Å²) in [5.74, 6) is 0.325. The second-order valence-corrected chi connectivity index (χ2v) is 17.9. The summed E-state index contributed by atoms with van der Waals surface area (Å²) in [5.41, 5.74) is 9.68. The molecule has 0 radical (unpaired) electrons. The fraction of sp³-hybridized carbons (Fsp3) is 0.0545. The summed E-state index contributed by atoms with van der Waals surface area (Å²) in [5, 5.41) is 10.3. The summed E-state index contributed by atoms with van der Waals surface area (Å²) >= 11 is 3.74. The molecule has 4 heteroatoms. The minimum Gasteiger partial charge on any atom is -0.310 e. The van der Waals surface area contributed by atoms with Crippen molar-refractivity contribution in [2.45, 2.75) is 19.3 Å². The maximum atomic E-state index is 2.50. The highest BCUT2D eigenvalue weighted by molar-refractivity contribution is 7.26. The lowest BCUT2D eigenvalue weighted by atomic mass is 9.82. The van der Waals surface area contributed by atoms with Gasteiger partial charge in [-0.1, -0.05) is 116 Å². The normalized spacial score (nSPS) is 13.9. The van der Waals surface area contributed by atoms with Gasteiger partial charge in [0.05, 0.1) is 11.4 Å². The second kappa shape index (κ2) is 13.7. The van der Waals surface area contributed by atoms with Crippen LogP contribution in [0, 0.1) is 0 Å². The van der Waals surface area contributed by atoms with E-state index in [1.165, 1.54) is 84.4 Å². The average molecular weight is 791 g/mol. The van der Waals surface area contributed by atoms with Crippen molar-refractivity contribution in [1.82, 2.24) is 0 Å². The first kappa shape index (κ1) is 34.3. The van der Waals surface area contributed by atoms with Gasteiger partial charge in [0.2, 0.25) is 0 Å². The van der Waals surface area contributed by atoms with E-state index in [2.05, 4.69) is 211 Å². The van der Waals surface area contributed by atoms with Crippen LogP contribution in [0.3, 0.4) is 0 Å². The van der Waals surface area contributed by atoms with Crippen LogP contribution in [-0.2, 0) is 0 Å². The van der Waals surface area contributed by atoms with Crippen LogP contribution >= 0.6 is 22.7 Å². The number of fused-ring (bicyclic) bond motifs is 11. The van der Waals surface area contributed by atoms with Crippen molar-refractivity contribution in [1.29, 1.82) is 0 Å². The van der Waals surface area contributed by atoms with Gasteiger partial charge >= 0.3 is 0 Å². The fourth-order valence-corrected chi connectivity index (χ4v) is 11.7. The first-order valence-electron chi connectivity index (χ1n) is 20.4. The van der Waals surface area contributed by atoms with Gasteiger partial charge in [0.1, 0.15) is 0 Å². The molecule has 0 fully saturated rings. The third-order valence-electron chi connectivity index (χ3n) is 12.2. The van der Waals surface area contributed by atoms with Gasteiger partial charge < -0.3 is 9.80 Å². The summed E-state index contributed by atoms with van der Waals surface area (Å²) in [6, 6.07) is 67.4.